The van der Waals surface area contributed by atoms with Crippen molar-refractivity contribution in [1.29, 1.82) is 0 Å². The maximum atomic E-state index is 13.0. The normalized spacial score (nSPS) is 26.0. The van der Waals surface area contributed by atoms with Gasteiger partial charge in [0.15, 0.2) is 0 Å². The van der Waals surface area contributed by atoms with Crippen molar-refractivity contribution in [3.8, 4) is 0 Å². The first kappa shape index (κ1) is 15.6. The van der Waals surface area contributed by atoms with Crippen molar-refractivity contribution in [3.05, 3.63) is 23.9 Å². The van der Waals surface area contributed by atoms with Gasteiger partial charge in [0.1, 0.15) is 5.82 Å². The Hall–Kier alpha value is -1.34. The minimum absolute atomic E-state index is 0.141. The van der Waals surface area contributed by atoms with Crippen LogP contribution in [0.5, 0.6) is 0 Å². The number of halogens is 3. The average molecular weight is 316 g/mol. The van der Waals surface area contributed by atoms with Crippen molar-refractivity contribution >= 4 is 5.82 Å². The van der Waals surface area contributed by atoms with E-state index in [1.807, 2.05) is 0 Å². The number of hydrogen-bond donors (Lipinski definition) is 1. The fourth-order valence-electron chi connectivity index (χ4n) is 2.52. The summed E-state index contributed by atoms with van der Waals surface area (Å²) in [6.45, 7) is 1.57. The molecule has 122 valence electrons. The molecule has 1 N–H and O–H groups in total. The Labute approximate surface area is 127 Å². The molecule has 0 aromatic carbocycles. The summed E-state index contributed by atoms with van der Waals surface area (Å²) in [6.07, 6.45) is -0.187. The maximum Gasteiger partial charge on any atom is 0.419 e. The van der Waals surface area contributed by atoms with E-state index in [4.69, 9.17) is 9.47 Å². The van der Waals surface area contributed by atoms with Gasteiger partial charge in [-0.25, -0.2) is 4.98 Å². The van der Waals surface area contributed by atoms with E-state index in [-0.39, 0.29) is 18.0 Å². The summed E-state index contributed by atoms with van der Waals surface area (Å²) in [7, 11) is 0. The first-order chi connectivity index (χ1) is 10.5. The highest BCUT2D eigenvalue weighted by molar-refractivity contribution is 5.46. The number of ether oxygens (including phenoxy) is 2. The van der Waals surface area contributed by atoms with Gasteiger partial charge < -0.3 is 14.8 Å². The smallest absolute Gasteiger partial charge is 0.379 e. The van der Waals surface area contributed by atoms with Crippen LogP contribution in [-0.2, 0) is 15.7 Å². The molecule has 0 bridgehead atoms. The number of hydrogen-bond acceptors (Lipinski definition) is 4. The zero-order valence-electron chi connectivity index (χ0n) is 12.1. The van der Waals surface area contributed by atoms with Gasteiger partial charge in [-0.15, -0.1) is 0 Å². The zero-order valence-corrected chi connectivity index (χ0v) is 12.1. The Morgan fingerprint density at radius 2 is 2.14 bits per heavy atom. The maximum absolute atomic E-state index is 13.0. The van der Waals surface area contributed by atoms with E-state index >= 15 is 0 Å². The van der Waals surface area contributed by atoms with Crippen LogP contribution in [0.3, 0.4) is 0 Å². The first-order valence-corrected chi connectivity index (χ1v) is 7.52. The molecule has 1 aromatic rings. The van der Waals surface area contributed by atoms with Crippen molar-refractivity contribution < 1.29 is 22.6 Å². The molecule has 1 aliphatic carbocycles. The van der Waals surface area contributed by atoms with E-state index in [0.29, 0.717) is 32.2 Å². The monoisotopic (exact) mass is 316 g/mol. The lowest BCUT2D eigenvalue weighted by Gasteiger charge is -2.33. The van der Waals surface area contributed by atoms with E-state index < -0.39 is 11.7 Å². The lowest BCUT2D eigenvalue weighted by atomic mass is 10.1. The van der Waals surface area contributed by atoms with E-state index in [1.54, 1.807) is 0 Å². The second-order valence-corrected chi connectivity index (χ2v) is 5.83. The summed E-state index contributed by atoms with van der Waals surface area (Å²) in [5, 5.41) is 2.87. The molecule has 2 heterocycles. The Morgan fingerprint density at radius 1 is 1.32 bits per heavy atom. The number of anilines is 1. The average Bonchev–Trinajstić information content (AvgIpc) is 3.30. The Morgan fingerprint density at radius 3 is 2.86 bits per heavy atom. The van der Waals surface area contributed by atoms with Crippen LogP contribution in [0.1, 0.15) is 24.8 Å². The molecule has 0 radical (unpaired) electrons. The summed E-state index contributed by atoms with van der Waals surface area (Å²) >= 11 is 0. The largest absolute Gasteiger partial charge is 0.419 e. The molecule has 1 saturated heterocycles. The van der Waals surface area contributed by atoms with Crippen molar-refractivity contribution in [3.63, 3.8) is 0 Å². The van der Waals surface area contributed by atoms with Crippen LogP contribution in [0.2, 0.25) is 0 Å². The SMILES string of the molecule is FC(F)(F)c1cccnc1N[C@@H]1COCC[C@@H]1OCC1CC1. The van der Waals surface area contributed by atoms with Crippen LogP contribution < -0.4 is 5.32 Å². The van der Waals surface area contributed by atoms with Gasteiger partial charge in [-0.05, 0) is 37.3 Å². The molecule has 2 fully saturated rings. The summed E-state index contributed by atoms with van der Waals surface area (Å²) in [5.41, 5.74) is -0.762. The fraction of sp³-hybridized carbons (Fsp3) is 0.667. The summed E-state index contributed by atoms with van der Waals surface area (Å²) in [4.78, 5) is 3.84. The van der Waals surface area contributed by atoms with Crippen LogP contribution in [0, 0.1) is 5.92 Å². The zero-order chi connectivity index (χ0) is 15.6. The lowest BCUT2D eigenvalue weighted by molar-refractivity contribution is -0.137. The van der Waals surface area contributed by atoms with Crippen molar-refractivity contribution in [1.82, 2.24) is 4.98 Å². The predicted molar refractivity (Wildman–Crippen MR) is 74.5 cm³/mol. The molecule has 0 amide bonds. The molecule has 7 heteroatoms. The van der Waals surface area contributed by atoms with Crippen LogP contribution >= 0.6 is 0 Å². The second-order valence-electron chi connectivity index (χ2n) is 5.83. The van der Waals surface area contributed by atoms with Crippen LogP contribution in [-0.4, -0.2) is 37.0 Å². The van der Waals surface area contributed by atoms with Gasteiger partial charge >= 0.3 is 6.18 Å². The van der Waals surface area contributed by atoms with Gasteiger partial charge in [-0.3, -0.25) is 0 Å². The second kappa shape index (κ2) is 6.42. The van der Waals surface area contributed by atoms with Crippen molar-refractivity contribution in [2.24, 2.45) is 5.92 Å². The molecule has 1 aliphatic heterocycles. The van der Waals surface area contributed by atoms with Gasteiger partial charge in [-0.1, -0.05) is 0 Å². The molecule has 2 atom stereocenters. The van der Waals surface area contributed by atoms with E-state index in [1.165, 1.54) is 25.1 Å². The predicted octanol–water partition coefficient (Wildman–Crippen LogP) is 3.10. The third kappa shape index (κ3) is 3.89. The highest BCUT2D eigenvalue weighted by atomic mass is 19.4. The van der Waals surface area contributed by atoms with Gasteiger partial charge in [0.2, 0.25) is 0 Å². The molecular weight excluding hydrogens is 297 g/mol. The summed E-state index contributed by atoms with van der Waals surface area (Å²) < 4.78 is 50.3. The lowest BCUT2D eigenvalue weighted by Crippen LogP contribution is -2.44. The van der Waals surface area contributed by atoms with E-state index in [0.717, 1.165) is 6.07 Å². The first-order valence-electron chi connectivity index (χ1n) is 7.52. The fourth-order valence-corrected chi connectivity index (χ4v) is 2.52. The van der Waals surface area contributed by atoms with Crippen LogP contribution in [0.15, 0.2) is 18.3 Å². The number of nitrogens with one attached hydrogen (secondary N) is 1. The third-order valence-electron chi connectivity index (χ3n) is 3.97. The van der Waals surface area contributed by atoms with Crippen molar-refractivity contribution in [2.75, 3.05) is 25.1 Å². The Balaban J connectivity index is 1.69. The molecule has 3 rings (SSSR count). The molecule has 2 aliphatic rings. The van der Waals surface area contributed by atoms with E-state index in [9.17, 15) is 13.2 Å². The van der Waals surface area contributed by atoms with Crippen LogP contribution in [0.4, 0.5) is 19.0 Å². The van der Waals surface area contributed by atoms with Gasteiger partial charge in [-0.2, -0.15) is 13.2 Å². The van der Waals surface area contributed by atoms with Gasteiger partial charge in [0.05, 0.1) is 24.3 Å². The number of nitrogens with zero attached hydrogens (tertiary/aromatic N) is 1. The standard InChI is InChI=1S/C15H19F3N2O2/c16-15(17,18)11-2-1-6-19-14(11)20-12-9-21-7-5-13(12)22-8-10-3-4-10/h1-2,6,10,12-13H,3-5,7-9H2,(H,19,20)/t12-,13+/m1/s1. The van der Waals surface area contributed by atoms with Crippen LogP contribution in [0.25, 0.3) is 0 Å². The Kier molecular flexibility index (Phi) is 4.54. The quantitative estimate of drug-likeness (QED) is 0.906. The van der Waals surface area contributed by atoms with Gasteiger partial charge in [0, 0.05) is 19.4 Å². The molecule has 22 heavy (non-hydrogen) atoms. The number of alkyl halides is 3. The molecule has 1 saturated carbocycles. The minimum atomic E-state index is -4.43. The third-order valence-corrected chi connectivity index (χ3v) is 3.97. The molecule has 0 unspecified atom stereocenters. The molecular formula is C15H19F3N2O2. The number of pyridine rings is 1. The summed E-state index contributed by atoms with van der Waals surface area (Å²) in [5.74, 6) is 0.453. The number of rotatable bonds is 5. The highest BCUT2D eigenvalue weighted by Crippen LogP contribution is 2.34. The van der Waals surface area contributed by atoms with Crippen molar-refractivity contribution in [2.45, 2.75) is 37.6 Å². The highest BCUT2D eigenvalue weighted by Gasteiger charge is 2.36. The number of aromatic nitrogens is 1. The topological polar surface area (TPSA) is 43.4 Å². The van der Waals surface area contributed by atoms with E-state index in [2.05, 4.69) is 10.3 Å². The Bertz CT molecular complexity index is 506. The molecule has 4 nitrogen and oxygen atoms in total. The minimum Gasteiger partial charge on any atom is -0.379 e. The summed E-state index contributed by atoms with van der Waals surface area (Å²) in [6, 6.07) is 1.99. The van der Waals surface area contributed by atoms with Gasteiger partial charge in [0.25, 0.3) is 0 Å². The molecule has 0 spiro atoms. The molecule has 1 aromatic heterocycles.